The van der Waals surface area contributed by atoms with Gasteiger partial charge in [0.15, 0.2) is 5.82 Å². The van der Waals surface area contributed by atoms with Gasteiger partial charge in [0, 0.05) is 36.8 Å². The minimum absolute atomic E-state index is 0.846. The summed E-state index contributed by atoms with van der Waals surface area (Å²) in [5.41, 5.74) is 6.13. The molecule has 0 fully saturated rings. The van der Waals surface area contributed by atoms with E-state index in [4.69, 9.17) is 4.98 Å². The molecule has 1 aromatic carbocycles. The molecule has 92 valence electrons. The largest absolute Gasteiger partial charge is 0.312 e. The van der Waals surface area contributed by atoms with E-state index in [1.807, 2.05) is 6.20 Å². The lowest BCUT2D eigenvalue weighted by molar-refractivity contribution is 0.626. The predicted octanol–water partition coefficient (Wildman–Crippen LogP) is 2.41. The highest BCUT2D eigenvalue weighted by atomic mass is 14.9. The quantitative estimate of drug-likeness (QED) is 0.830. The number of benzene rings is 1. The van der Waals surface area contributed by atoms with Gasteiger partial charge in [0.05, 0.1) is 5.69 Å². The minimum Gasteiger partial charge on any atom is -0.312 e. The number of nitrogens with one attached hydrogen (secondary N) is 1. The van der Waals surface area contributed by atoms with Gasteiger partial charge in [-0.3, -0.25) is 0 Å². The third-order valence-corrected chi connectivity index (χ3v) is 3.57. The second-order valence-corrected chi connectivity index (χ2v) is 4.89. The van der Waals surface area contributed by atoms with Crippen molar-refractivity contribution >= 4 is 0 Å². The normalized spacial score (nSPS) is 14.3. The zero-order valence-electron chi connectivity index (χ0n) is 10.8. The summed E-state index contributed by atoms with van der Waals surface area (Å²) in [6, 6.07) is 6.40. The maximum atomic E-state index is 4.70. The molecule has 0 atom stereocenters. The summed E-state index contributed by atoms with van der Waals surface area (Å²) in [5.74, 6) is 0.846. The smallest absolute Gasteiger partial charge is 0.159 e. The first-order valence-corrected chi connectivity index (χ1v) is 6.37. The molecule has 3 heteroatoms. The Labute approximate surface area is 107 Å². The Hall–Kier alpha value is -1.74. The second kappa shape index (κ2) is 4.50. The van der Waals surface area contributed by atoms with Crippen LogP contribution in [0, 0.1) is 13.8 Å². The Bertz CT molecular complexity index is 590. The van der Waals surface area contributed by atoms with Crippen molar-refractivity contribution in [3.05, 3.63) is 46.8 Å². The Morgan fingerprint density at radius 2 is 2.06 bits per heavy atom. The van der Waals surface area contributed by atoms with Gasteiger partial charge in [-0.15, -0.1) is 0 Å². The summed E-state index contributed by atoms with van der Waals surface area (Å²) >= 11 is 0. The summed E-state index contributed by atoms with van der Waals surface area (Å²) < 4.78 is 0. The molecule has 0 bridgehead atoms. The Morgan fingerprint density at radius 1 is 1.17 bits per heavy atom. The van der Waals surface area contributed by atoms with Crippen molar-refractivity contribution in [1.29, 1.82) is 0 Å². The first-order valence-electron chi connectivity index (χ1n) is 6.37. The van der Waals surface area contributed by atoms with Gasteiger partial charge >= 0.3 is 0 Å². The molecule has 0 spiro atoms. The van der Waals surface area contributed by atoms with E-state index in [-0.39, 0.29) is 0 Å². The van der Waals surface area contributed by atoms with Gasteiger partial charge in [0.1, 0.15) is 0 Å². The molecule has 0 radical (unpaired) electrons. The lowest BCUT2D eigenvalue weighted by Gasteiger charge is -2.16. The van der Waals surface area contributed by atoms with Crippen LogP contribution in [0.3, 0.4) is 0 Å². The molecule has 2 heterocycles. The SMILES string of the molecule is Cc1ccc(-c2ncc3c(n2)CCNC3)cc1C. The van der Waals surface area contributed by atoms with Gasteiger partial charge in [0.2, 0.25) is 0 Å². The molecule has 2 aromatic rings. The molecule has 0 aliphatic carbocycles. The second-order valence-electron chi connectivity index (χ2n) is 4.89. The fraction of sp³-hybridized carbons (Fsp3) is 0.333. The van der Waals surface area contributed by atoms with Gasteiger partial charge in [-0.05, 0) is 31.0 Å². The third-order valence-electron chi connectivity index (χ3n) is 3.57. The molecule has 1 aliphatic rings. The number of hydrogen-bond acceptors (Lipinski definition) is 3. The van der Waals surface area contributed by atoms with Crippen LogP contribution in [0.2, 0.25) is 0 Å². The molecule has 3 nitrogen and oxygen atoms in total. The van der Waals surface area contributed by atoms with Crippen LogP contribution in [-0.4, -0.2) is 16.5 Å². The Morgan fingerprint density at radius 3 is 2.89 bits per heavy atom. The Kier molecular flexibility index (Phi) is 2.84. The molecule has 1 N–H and O–H groups in total. The molecule has 0 amide bonds. The van der Waals surface area contributed by atoms with Crippen molar-refractivity contribution < 1.29 is 0 Å². The number of aromatic nitrogens is 2. The molecule has 3 rings (SSSR count). The number of hydrogen-bond donors (Lipinski definition) is 1. The monoisotopic (exact) mass is 239 g/mol. The van der Waals surface area contributed by atoms with Gasteiger partial charge in [0.25, 0.3) is 0 Å². The Balaban J connectivity index is 2.03. The van der Waals surface area contributed by atoms with Crippen LogP contribution < -0.4 is 5.32 Å². The highest BCUT2D eigenvalue weighted by molar-refractivity contribution is 5.57. The van der Waals surface area contributed by atoms with E-state index in [0.29, 0.717) is 0 Å². The van der Waals surface area contributed by atoms with Crippen LogP contribution in [-0.2, 0) is 13.0 Å². The zero-order chi connectivity index (χ0) is 12.5. The first kappa shape index (κ1) is 11.4. The number of nitrogens with zero attached hydrogens (tertiary/aromatic N) is 2. The molecule has 1 aliphatic heterocycles. The van der Waals surface area contributed by atoms with E-state index in [1.165, 1.54) is 22.4 Å². The van der Waals surface area contributed by atoms with Gasteiger partial charge in [-0.1, -0.05) is 12.1 Å². The van der Waals surface area contributed by atoms with Gasteiger partial charge < -0.3 is 5.32 Å². The molecular formula is C15H17N3. The lowest BCUT2D eigenvalue weighted by Crippen LogP contribution is -2.24. The standard InChI is InChI=1S/C15H17N3/c1-10-3-4-12(7-11(10)2)15-17-9-13-8-16-6-5-14(13)18-15/h3-4,7,9,16H,5-6,8H2,1-2H3. The molecule has 0 unspecified atom stereocenters. The average molecular weight is 239 g/mol. The van der Waals surface area contributed by atoms with Crippen LogP contribution in [0.15, 0.2) is 24.4 Å². The van der Waals surface area contributed by atoms with E-state index < -0.39 is 0 Å². The topological polar surface area (TPSA) is 37.8 Å². The fourth-order valence-electron chi connectivity index (χ4n) is 2.26. The highest BCUT2D eigenvalue weighted by Gasteiger charge is 2.12. The van der Waals surface area contributed by atoms with Gasteiger partial charge in [-0.2, -0.15) is 0 Å². The van der Waals surface area contributed by atoms with Crippen LogP contribution >= 0.6 is 0 Å². The van der Waals surface area contributed by atoms with Crippen LogP contribution in [0.25, 0.3) is 11.4 Å². The summed E-state index contributed by atoms with van der Waals surface area (Å²) in [4.78, 5) is 9.19. The summed E-state index contributed by atoms with van der Waals surface area (Å²) in [6.45, 7) is 6.15. The van der Waals surface area contributed by atoms with E-state index in [2.05, 4.69) is 42.3 Å². The van der Waals surface area contributed by atoms with Crippen LogP contribution in [0.4, 0.5) is 0 Å². The van der Waals surface area contributed by atoms with E-state index in [0.717, 1.165) is 30.9 Å². The average Bonchev–Trinajstić information content (AvgIpc) is 2.41. The molecule has 18 heavy (non-hydrogen) atoms. The molecule has 0 saturated heterocycles. The third kappa shape index (κ3) is 2.02. The zero-order valence-corrected chi connectivity index (χ0v) is 10.8. The van der Waals surface area contributed by atoms with Crippen LogP contribution in [0.5, 0.6) is 0 Å². The lowest BCUT2D eigenvalue weighted by atomic mass is 10.0. The van der Waals surface area contributed by atoms with Crippen molar-refractivity contribution in [3.63, 3.8) is 0 Å². The summed E-state index contributed by atoms with van der Waals surface area (Å²) in [6.07, 6.45) is 2.95. The highest BCUT2D eigenvalue weighted by Crippen LogP contribution is 2.20. The summed E-state index contributed by atoms with van der Waals surface area (Å²) in [5, 5.41) is 3.34. The number of aryl methyl sites for hydroxylation is 2. The maximum absolute atomic E-state index is 4.70. The summed E-state index contributed by atoms with van der Waals surface area (Å²) in [7, 11) is 0. The molecule has 0 saturated carbocycles. The van der Waals surface area contributed by atoms with Crippen molar-refractivity contribution in [2.45, 2.75) is 26.8 Å². The van der Waals surface area contributed by atoms with E-state index in [9.17, 15) is 0 Å². The van der Waals surface area contributed by atoms with E-state index in [1.54, 1.807) is 0 Å². The van der Waals surface area contributed by atoms with Crippen molar-refractivity contribution in [3.8, 4) is 11.4 Å². The number of rotatable bonds is 1. The predicted molar refractivity (Wildman–Crippen MR) is 72.4 cm³/mol. The number of fused-ring (bicyclic) bond motifs is 1. The molecule has 1 aromatic heterocycles. The first-order chi connectivity index (χ1) is 8.74. The van der Waals surface area contributed by atoms with E-state index >= 15 is 0 Å². The van der Waals surface area contributed by atoms with Crippen molar-refractivity contribution in [2.75, 3.05) is 6.54 Å². The fourth-order valence-corrected chi connectivity index (χ4v) is 2.26. The van der Waals surface area contributed by atoms with Crippen LogP contribution in [0.1, 0.15) is 22.4 Å². The van der Waals surface area contributed by atoms with Crippen molar-refractivity contribution in [1.82, 2.24) is 15.3 Å². The minimum atomic E-state index is 0.846. The van der Waals surface area contributed by atoms with Crippen molar-refractivity contribution in [2.24, 2.45) is 0 Å². The maximum Gasteiger partial charge on any atom is 0.159 e. The van der Waals surface area contributed by atoms with Gasteiger partial charge in [-0.25, -0.2) is 9.97 Å². The molecular weight excluding hydrogens is 222 g/mol.